The normalized spacial score (nSPS) is 17.3. The van der Waals surface area contributed by atoms with E-state index in [4.69, 9.17) is 27.9 Å². The molecule has 2 rings (SSSR count). The van der Waals surface area contributed by atoms with E-state index in [1.165, 1.54) is 0 Å². The molecule has 0 radical (unpaired) electrons. The first-order valence-corrected chi connectivity index (χ1v) is 6.79. The van der Waals surface area contributed by atoms with Gasteiger partial charge in [0.2, 0.25) is 0 Å². The number of hydrogen-bond acceptors (Lipinski definition) is 3. The summed E-state index contributed by atoms with van der Waals surface area (Å²) in [4.78, 5) is 24.7. The maximum atomic E-state index is 11.9. The molecular formula is C13H14Cl2N2O3. The van der Waals surface area contributed by atoms with Crippen molar-refractivity contribution in [1.29, 1.82) is 0 Å². The average molecular weight is 317 g/mol. The molecule has 108 valence electrons. The Morgan fingerprint density at radius 2 is 2.00 bits per heavy atom. The molecule has 0 bridgehead atoms. The number of benzene rings is 1. The van der Waals surface area contributed by atoms with Gasteiger partial charge in [-0.25, -0.2) is 4.79 Å². The molecular weight excluding hydrogens is 303 g/mol. The fourth-order valence-electron chi connectivity index (χ4n) is 1.86. The van der Waals surface area contributed by atoms with Gasteiger partial charge in [0.1, 0.15) is 17.9 Å². The topological polar surface area (TPSA) is 58.6 Å². The van der Waals surface area contributed by atoms with Crippen LogP contribution in [0.3, 0.4) is 0 Å². The van der Waals surface area contributed by atoms with Crippen LogP contribution < -0.4 is 10.1 Å². The molecule has 20 heavy (non-hydrogen) atoms. The van der Waals surface area contributed by atoms with Crippen LogP contribution in [0.1, 0.15) is 13.8 Å². The number of hydrogen-bond donors (Lipinski definition) is 1. The molecule has 5 nitrogen and oxygen atoms in total. The van der Waals surface area contributed by atoms with Gasteiger partial charge >= 0.3 is 6.03 Å². The first kappa shape index (κ1) is 14.9. The van der Waals surface area contributed by atoms with E-state index >= 15 is 0 Å². The Bertz CT molecular complexity index is 561. The van der Waals surface area contributed by atoms with Gasteiger partial charge in [0.05, 0.1) is 11.6 Å². The van der Waals surface area contributed by atoms with Gasteiger partial charge in [-0.15, -0.1) is 0 Å². The zero-order chi connectivity index (χ0) is 14.9. The van der Waals surface area contributed by atoms with Gasteiger partial charge in [-0.1, -0.05) is 23.2 Å². The van der Waals surface area contributed by atoms with Crippen LogP contribution in [0.15, 0.2) is 18.2 Å². The lowest BCUT2D eigenvalue weighted by Gasteiger charge is -2.16. The number of rotatable bonds is 4. The second-order valence-electron chi connectivity index (χ2n) is 4.94. The fourth-order valence-corrected chi connectivity index (χ4v) is 2.32. The Morgan fingerprint density at radius 3 is 2.55 bits per heavy atom. The van der Waals surface area contributed by atoms with Gasteiger partial charge in [0.25, 0.3) is 5.91 Å². The van der Waals surface area contributed by atoms with Crippen LogP contribution in [0.5, 0.6) is 5.75 Å². The van der Waals surface area contributed by atoms with Crippen LogP contribution in [0.4, 0.5) is 4.79 Å². The molecule has 1 fully saturated rings. The van der Waals surface area contributed by atoms with Gasteiger partial charge in [-0.2, -0.15) is 0 Å². The number of amides is 3. The summed E-state index contributed by atoms with van der Waals surface area (Å²) < 4.78 is 5.45. The smallest absolute Gasteiger partial charge is 0.325 e. The first-order chi connectivity index (χ1) is 9.31. The Morgan fingerprint density at radius 1 is 1.30 bits per heavy atom. The van der Waals surface area contributed by atoms with Crippen LogP contribution in [0.25, 0.3) is 0 Å². The summed E-state index contributed by atoms with van der Waals surface area (Å²) in [5, 5.41) is 3.50. The molecule has 1 N–H and O–H groups in total. The number of carbonyl (C=O) groups excluding carboxylic acids is 2. The summed E-state index contributed by atoms with van der Waals surface area (Å²) in [5.41, 5.74) is -0.866. The molecule has 1 aromatic carbocycles. The molecule has 0 aliphatic carbocycles. The van der Waals surface area contributed by atoms with Gasteiger partial charge in [0.15, 0.2) is 0 Å². The van der Waals surface area contributed by atoms with Crippen LogP contribution in [-0.4, -0.2) is 35.5 Å². The van der Waals surface area contributed by atoms with Crippen molar-refractivity contribution < 1.29 is 14.3 Å². The summed E-state index contributed by atoms with van der Waals surface area (Å²) in [6, 6.07) is 4.45. The SMILES string of the molecule is CC1(C)NC(=O)N(CCOc2ccc(Cl)cc2Cl)C1=O. The van der Waals surface area contributed by atoms with Crippen molar-refractivity contribution in [2.45, 2.75) is 19.4 Å². The Hall–Kier alpha value is -1.46. The maximum absolute atomic E-state index is 11.9. The molecule has 1 heterocycles. The molecule has 1 aliphatic heterocycles. The molecule has 1 aliphatic rings. The Balaban J connectivity index is 1.93. The summed E-state index contributed by atoms with van der Waals surface area (Å²) in [6.45, 7) is 3.64. The molecule has 0 spiro atoms. The molecule has 0 saturated carbocycles. The predicted octanol–water partition coefficient (Wildman–Crippen LogP) is 2.70. The third-order valence-electron chi connectivity index (χ3n) is 2.91. The minimum absolute atomic E-state index is 0.160. The van der Waals surface area contributed by atoms with Crippen molar-refractivity contribution in [3.05, 3.63) is 28.2 Å². The second kappa shape index (κ2) is 5.50. The Kier molecular flexibility index (Phi) is 4.11. The number of nitrogens with one attached hydrogen (secondary N) is 1. The van der Waals surface area contributed by atoms with E-state index in [0.29, 0.717) is 15.8 Å². The number of imide groups is 1. The van der Waals surface area contributed by atoms with Crippen molar-refractivity contribution in [3.63, 3.8) is 0 Å². The van der Waals surface area contributed by atoms with Crippen LogP contribution in [0.2, 0.25) is 10.0 Å². The van der Waals surface area contributed by atoms with Gasteiger partial charge in [0, 0.05) is 5.02 Å². The van der Waals surface area contributed by atoms with Crippen LogP contribution >= 0.6 is 23.2 Å². The lowest BCUT2D eigenvalue weighted by Crippen LogP contribution is -2.40. The standard InChI is InChI=1S/C13H14Cl2N2O3/c1-13(2)11(18)17(12(19)16-13)5-6-20-10-4-3-8(14)7-9(10)15/h3-4,7H,5-6H2,1-2H3,(H,16,19). The zero-order valence-electron chi connectivity index (χ0n) is 11.1. The summed E-state index contributed by atoms with van der Waals surface area (Å²) in [5.74, 6) is 0.190. The number of urea groups is 1. The van der Waals surface area contributed by atoms with Crippen molar-refractivity contribution in [2.24, 2.45) is 0 Å². The average Bonchev–Trinajstić information content (AvgIpc) is 2.53. The minimum atomic E-state index is -0.866. The van der Waals surface area contributed by atoms with E-state index in [9.17, 15) is 9.59 Å². The van der Waals surface area contributed by atoms with E-state index in [1.54, 1.807) is 32.0 Å². The van der Waals surface area contributed by atoms with Gasteiger partial charge < -0.3 is 10.1 Å². The summed E-state index contributed by atoms with van der Waals surface area (Å²) in [7, 11) is 0. The van der Waals surface area contributed by atoms with E-state index in [0.717, 1.165) is 4.90 Å². The van der Waals surface area contributed by atoms with Crippen molar-refractivity contribution in [2.75, 3.05) is 13.2 Å². The van der Waals surface area contributed by atoms with Crippen LogP contribution in [0, 0.1) is 0 Å². The number of carbonyl (C=O) groups is 2. The van der Waals surface area contributed by atoms with Crippen molar-refractivity contribution >= 4 is 35.1 Å². The van der Waals surface area contributed by atoms with E-state index in [1.807, 2.05) is 0 Å². The molecule has 7 heteroatoms. The molecule has 0 atom stereocenters. The first-order valence-electron chi connectivity index (χ1n) is 6.03. The molecule has 1 aromatic rings. The third-order valence-corrected chi connectivity index (χ3v) is 3.44. The van der Waals surface area contributed by atoms with E-state index < -0.39 is 11.6 Å². The van der Waals surface area contributed by atoms with Crippen LogP contribution in [-0.2, 0) is 4.79 Å². The quantitative estimate of drug-likeness (QED) is 0.869. The van der Waals surface area contributed by atoms with Crippen molar-refractivity contribution in [1.82, 2.24) is 10.2 Å². The highest BCUT2D eigenvalue weighted by molar-refractivity contribution is 6.35. The molecule has 3 amide bonds. The molecule has 1 saturated heterocycles. The zero-order valence-corrected chi connectivity index (χ0v) is 12.6. The van der Waals surface area contributed by atoms with Gasteiger partial charge in [-0.05, 0) is 32.0 Å². The summed E-state index contributed by atoms with van der Waals surface area (Å²) >= 11 is 11.7. The Labute approximate surface area is 126 Å². The second-order valence-corrected chi connectivity index (χ2v) is 5.78. The summed E-state index contributed by atoms with van der Waals surface area (Å²) in [6.07, 6.45) is 0. The number of halogens is 2. The molecule has 0 unspecified atom stereocenters. The minimum Gasteiger partial charge on any atom is -0.490 e. The highest BCUT2D eigenvalue weighted by Crippen LogP contribution is 2.27. The maximum Gasteiger partial charge on any atom is 0.325 e. The van der Waals surface area contributed by atoms with E-state index in [2.05, 4.69) is 5.32 Å². The highest BCUT2D eigenvalue weighted by atomic mass is 35.5. The fraction of sp³-hybridized carbons (Fsp3) is 0.385. The monoisotopic (exact) mass is 316 g/mol. The lowest BCUT2D eigenvalue weighted by atomic mass is 10.1. The highest BCUT2D eigenvalue weighted by Gasteiger charge is 2.43. The largest absolute Gasteiger partial charge is 0.490 e. The van der Waals surface area contributed by atoms with Crippen molar-refractivity contribution in [3.8, 4) is 5.75 Å². The lowest BCUT2D eigenvalue weighted by molar-refractivity contribution is -0.130. The number of ether oxygens (including phenoxy) is 1. The van der Waals surface area contributed by atoms with Gasteiger partial charge in [-0.3, -0.25) is 9.69 Å². The molecule has 0 aromatic heterocycles. The third kappa shape index (κ3) is 2.99. The number of nitrogens with zero attached hydrogens (tertiary/aromatic N) is 1. The predicted molar refractivity (Wildman–Crippen MR) is 76.3 cm³/mol. The van der Waals surface area contributed by atoms with E-state index in [-0.39, 0.29) is 19.1 Å².